The summed E-state index contributed by atoms with van der Waals surface area (Å²) < 4.78 is 0. The molecule has 3 heteroatoms. The molecule has 0 unspecified atom stereocenters. The van der Waals surface area contributed by atoms with E-state index in [-0.39, 0.29) is 5.75 Å². The summed E-state index contributed by atoms with van der Waals surface area (Å²) in [6.07, 6.45) is 11.1. The number of hydrogen-bond donors (Lipinski definition) is 1. The zero-order valence-electron chi connectivity index (χ0n) is 13.2. The molecular formula is C17H28O2S. The van der Waals surface area contributed by atoms with Gasteiger partial charge in [-0.15, -0.1) is 11.8 Å². The highest BCUT2D eigenvalue weighted by molar-refractivity contribution is 8.00. The molecular weight excluding hydrogens is 268 g/mol. The van der Waals surface area contributed by atoms with Crippen molar-refractivity contribution in [1.29, 1.82) is 0 Å². The van der Waals surface area contributed by atoms with Crippen molar-refractivity contribution in [3.8, 4) is 0 Å². The standard InChI is InChI=1S/C17H28O2S/c1-14(2)7-5-8-15(3)9-6-10-16(4)11-12-20-13-17(18)19/h7,9,11H,5-6,8,10,12-13H2,1-4H3,(H,18,19)/b15-9+,16-11-. The fourth-order valence-electron chi connectivity index (χ4n) is 1.69. The van der Waals surface area contributed by atoms with E-state index >= 15 is 0 Å². The molecule has 0 aromatic carbocycles. The lowest BCUT2D eigenvalue weighted by Crippen LogP contribution is -1.98. The lowest BCUT2D eigenvalue weighted by molar-refractivity contribution is -0.133. The van der Waals surface area contributed by atoms with Gasteiger partial charge in [-0.05, 0) is 53.4 Å². The van der Waals surface area contributed by atoms with Crippen molar-refractivity contribution in [1.82, 2.24) is 0 Å². The van der Waals surface area contributed by atoms with E-state index in [0.717, 1.165) is 31.4 Å². The first-order chi connectivity index (χ1) is 9.41. The largest absolute Gasteiger partial charge is 0.481 e. The Bertz CT molecular complexity index is 374. The summed E-state index contributed by atoms with van der Waals surface area (Å²) in [4.78, 5) is 10.4. The van der Waals surface area contributed by atoms with Crippen LogP contribution in [0.4, 0.5) is 0 Å². The average Bonchev–Trinajstić information content (AvgIpc) is 2.34. The van der Waals surface area contributed by atoms with Crippen LogP contribution in [-0.4, -0.2) is 22.6 Å². The van der Waals surface area contributed by atoms with Gasteiger partial charge in [-0.3, -0.25) is 4.79 Å². The second kappa shape index (κ2) is 11.8. The van der Waals surface area contributed by atoms with Crippen molar-refractivity contribution in [2.45, 2.75) is 53.4 Å². The first-order valence-electron chi connectivity index (χ1n) is 7.16. The molecule has 0 spiro atoms. The van der Waals surface area contributed by atoms with Gasteiger partial charge in [0, 0.05) is 5.75 Å². The van der Waals surface area contributed by atoms with Gasteiger partial charge >= 0.3 is 5.97 Å². The zero-order chi connectivity index (χ0) is 15.4. The molecule has 2 nitrogen and oxygen atoms in total. The second-order valence-electron chi connectivity index (χ2n) is 5.37. The predicted octanol–water partition coefficient (Wildman–Crippen LogP) is 5.22. The molecule has 0 aliphatic carbocycles. The minimum atomic E-state index is -0.740. The number of allylic oxidation sites excluding steroid dienone is 5. The Morgan fingerprint density at radius 3 is 2.05 bits per heavy atom. The van der Waals surface area contributed by atoms with Crippen molar-refractivity contribution in [3.63, 3.8) is 0 Å². The number of thioether (sulfide) groups is 1. The molecule has 0 radical (unpaired) electrons. The summed E-state index contributed by atoms with van der Waals surface area (Å²) in [6.45, 7) is 8.58. The lowest BCUT2D eigenvalue weighted by atomic mass is 10.1. The molecule has 0 atom stereocenters. The van der Waals surface area contributed by atoms with Crippen LogP contribution in [0.2, 0.25) is 0 Å². The van der Waals surface area contributed by atoms with Crippen molar-refractivity contribution < 1.29 is 9.90 Å². The zero-order valence-corrected chi connectivity index (χ0v) is 14.1. The Kier molecular flexibility index (Phi) is 11.3. The van der Waals surface area contributed by atoms with Crippen molar-refractivity contribution >= 4 is 17.7 Å². The third kappa shape index (κ3) is 13.5. The summed E-state index contributed by atoms with van der Waals surface area (Å²) in [5, 5.41) is 8.53. The van der Waals surface area contributed by atoms with E-state index in [2.05, 4.69) is 45.9 Å². The van der Waals surface area contributed by atoms with Gasteiger partial charge in [0.2, 0.25) is 0 Å². The average molecular weight is 296 g/mol. The highest BCUT2D eigenvalue weighted by atomic mass is 32.2. The van der Waals surface area contributed by atoms with Gasteiger partial charge in [0.05, 0.1) is 5.75 Å². The number of carboxylic acid groups (broad SMARTS) is 1. The Morgan fingerprint density at radius 1 is 0.950 bits per heavy atom. The Hall–Kier alpha value is -0.960. The van der Waals surface area contributed by atoms with Gasteiger partial charge in [-0.1, -0.05) is 34.9 Å². The van der Waals surface area contributed by atoms with Crippen LogP contribution >= 0.6 is 11.8 Å². The van der Waals surface area contributed by atoms with Crippen LogP contribution < -0.4 is 0 Å². The molecule has 0 aliphatic heterocycles. The highest BCUT2D eigenvalue weighted by Gasteiger charge is 1.95. The third-order valence-corrected chi connectivity index (χ3v) is 3.75. The van der Waals surface area contributed by atoms with E-state index in [1.807, 2.05) is 0 Å². The summed E-state index contributed by atoms with van der Waals surface area (Å²) in [7, 11) is 0. The van der Waals surface area contributed by atoms with Crippen molar-refractivity contribution in [3.05, 3.63) is 34.9 Å². The summed E-state index contributed by atoms with van der Waals surface area (Å²) in [5.74, 6) is 0.241. The quantitative estimate of drug-likeness (QED) is 0.443. The van der Waals surface area contributed by atoms with Gasteiger partial charge in [0.15, 0.2) is 0 Å². The van der Waals surface area contributed by atoms with Gasteiger partial charge in [-0.25, -0.2) is 0 Å². The molecule has 0 fully saturated rings. The monoisotopic (exact) mass is 296 g/mol. The van der Waals surface area contributed by atoms with Crippen LogP contribution in [0, 0.1) is 0 Å². The number of rotatable bonds is 10. The normalized spacial score (nSPS) is 12.4. The minimum Gasteiger partial charge on any atom is -0.481 e. The van der Waals surface area contributed by atoms with E-state index in [0.29, 0.717) is 0 Å². The number of hydrogen-bond acceptors (Lipinski definition) is 2. The van der Waals surface area contributed by atoms with Gasteiger partial charge in [-0.2, -0.15) is 0 Å². The number of carbonyl (C=O) groups is 1. The fraction of sp³-hybridized carbons (Fsp3) is 0.588. The summed E-state index contributed by atoms with van der Waals surface area (Å²) >= 11 is 1.45. The molecule has 0 rings (SSSR count). The van der Waals surface area contributed by atoms with Crippen LogP contribution in [0.3, 0.4) is 0 Å². The Morgan fingerprint density at radius 2 is 1.50 bits per heavy atom. The molecule has 0 amide bonds. The van der Waals surface area contributed by atoms with Crippen LogP contribution in [-0.2, 0) is 4.79 Å². The summed E-state index contributed by atoms with van der Waals surface area (Å²) in [5.41, 5.74) is 4.18. The number of carboxylic acids is 1. The fourth-order valence-corrected chi connectivity index (χ4v) is 2.38. The van der Waals surface area contributed by atoms with Crippen LogP contribution in [0.15, 0.2) is 34.9 Å². The Labute approximate surface area is 128 Å². The lowest BCUT2D eigenvalue weighted by Gasteiger charge is -2.01. The predicted molar refractivity (Wildman–Crippen MR) is 90.4 cm³/mol. The van der Waals surface area contributed by atoms with Gasteiger partial charge in [0.25, 0.3) is 0 Å². The third-order valence-electron chi connectivity index (χ3n) is 2.90. The molecule has 0 heterocycles. The minimum absolute atomic E-state index is 0.188. The van der Waals surface area contributed by atoms with Crippen LogP contribution in [0.5, 0.6) is 0 Å². The summed E-state index contributed by atoms with van der Waals surface area (Å²) in [6, 6.07) is 0. The molecule has 0 aliphatic rings. The first-order valence-corrected chi connectivity index (χ1v) is 8.31. The topological polar surface area (TPSA) is 37.3 Å². The second-order valence-corrected chi connectivity index (χ2v) is 6.40. The van der Waals surface area contributed by atoms with Crippen molar-refractivity contribution in [2.75, 3.05) is 11.5 Å². The van der Waals surface area contributed by atoms with Crippen LogP contribution in [0.25, 0.3) is 0 Å². The molecule has 0 saturated carbocycles. The molecule has 1 N–H and O–H groups in total. The molecule has 0 aromatic rings. The molecule has 0 bridgehead atoms. The van der Waals surface area contributed by atoms with E-state index in [1.165, 1.54) is 28.5 Å². The van der Waals surface area contributed by atoms with Crippen LogP contribution in [0.1, 0.15) is 53.4 Å². The van der Waals surface area contributed by atoms with E-state index in [9.17, 15) is 4.79 Å². The molecule has 114 valence electrons. The molecule has 20 heavy (non-hydrogen) atoms. The molecule has 0 saturated heterocycles. The first kappa shape index (κ1) is 19.0. The van der Waals surface area contributed by atoms with Gasteiger partial charge in [0.1, 0.15) is 0 Å². The molecule has 0 aromatic heterocycles. The number of aliphatic carboxylic acids is 1. The van der Waals surface area contributed by atoms with E-state index in [4.69, 9.17) is 5.11 Å². The SMILES string of the molecule is CC(C)=CCC/C(C)=C/CC/C(C)=C\CSCC(=O)O. The van der Waals surface area contributed by atoms with E-state index < -0.39 is 5.97 Å². The maximum Gasteiger partial charge on any atom is 0.313 e. The maximum absolute atomic E-state index is 10.4. The Balaban J connectivity index is 3.82. The highest BCUT2D eigenvalue weighted by Crippen LogP contribution is 2.12. The van der Waals surface area contributed by atoms with Gasteiger partial charge < -0.3 is 5.11 Å². The van der Waals surface area contributed by atoms with Crippen molar-refractivity contribution in [2.24, 2.45) is 0 Å². The van der Waals surface area contributed by atoms with E-state index in [1.54, 1.807) is 0 Å². The maximum atomic E-state index is 10.4. The smallest absolute Gasteiger partial charge is 0.313 e.